The molecule has 0 spiro atoms. The van der Waals surface area contributed by atoms with Gasteiger partial charge in [-0.15, -0.1) is 0 Å². The number of aryl methyl sites for hydroxylation is 1. The van der Waals surface area contributed by atoms with Gasteiger partial charge in [0.2, 0.25) is 5.91 Å². The van der Waals surface area contributed by atoms with Gasteiger partial charge in [-0.1, -0.05) is 0 Å². The zero-order valence-electron chi connectivity index (χ0n) is 10.3. The molecule has 2 amide bonds. The zero-order chi connectivity index (χ0) is 13.1. The Balaban J connectivity index is 1.95. The second-order valence-corrected chi connectivity index (χ2v) is 4.36. The van der Waals surface area contributed by atoms with Crippen LogP contribution in [0.4, 0.5) is 5.69 Å². The third-order valence-corrected chi connectivity index (χ3v) is 2.92. The number of hydrogen-bond acceptors (Lipinski definition) is 4. The van der Waals surface area contributed by atoms with E-state index in [-0.39, 0.29) is 18.4 Å². The van der Waals surface area contributed by atoms with Gasteiger partial charge in [0.05, 0.1) is 0 Å². The van der Waals surface area contributed by atoms with E-state index in [0.29, 0.717) is 24.4 Å². The fraction of sp³-hybridized carbons (Fsp3) is 0.385. The van der Waals surface area contributed by atoms with Gasteiger partial charge in [0.1, 0.15) is 5.75 Å². The first-order valence-corrected chi connectivity index (χ1v) is 5.90. The van der Waals surface area contributed by atoms with Gasteiger partial charge in [-0.25, -0.2) is 0 Å². The topological polar surface area (TPSA) is 72.6 Å². The molecule has 2 N–H and O–H groups in total. The minimum atomic E-state index is -0.284. The Kier molecular flexibility index (Phi) is 3.50. The molecular formula is C13H16N2O3. The highest BCUT2D eigenvalue weighted by Crippen LogP contribution is 2.20. The fourth-order valence-corrected chi connectivity index (χ4v) is 1.96. The number of amides is 2. The highest BCUT2D eigenvalue weighted by atomic mass is 16.5. The number of nitrogen functional groups attached to an aromatic ring is 1. The standard InChI is InChI=1S/C13H16N2O3/c1-9-7-10(14)4-5-11(9)18-8-13(17)15-6-2-3-12(15)16/h4-5,7H,2-3,6,8,14H2,1H3. The van der Waals surface area contributed by atoms with Crippen LogP contribution in [0.3, 0.4) is 0 Å². The minimum Gasteiger partial charge on any atom is -0.483 e. The van der Waals surface area contributed by atoms with Crippen LogP contribution in [0.15, 0.2) is 18.2 Å². The highest BCUT2D eigenvalue weighted by Gasteiger charge is 2.26. The molecule has 1 aromatic rings. The second kappa shape index (κ2) is 5.08. The van der Waals surface area contributed by atoms with Crippen molar-refractivity contribution in [1.82, 2.24) is 4.90 Å². The summed E-state index contributed by atoms with van der Waals surface area (Å²) < 4.78 is 5.42. The lowest BCUT2D eigenvalue weighted by molar-refractivity contribution is -0.143. The summed E-state index contributed by atoms with van der Waals surface area (Å²) in [5, 5.41) is 0. The van der Waals surface area contributed by atoms with Crippen LogP contribution in [0.1, 0.15) is 18.4 Å². The van der Waals surface area contributed by atoms with Gasteiger partial charge < -0.3 is 10.5 Å². The number of rotatable bonds is 3. The molecular weight excluding hydrogens is 232 g/mol. The molecule has 5 heteroatoms. The Morgan fingerprint density at radius 1 is 1.50 bits per heavy atom. The third kappa shape index (κ3) is 2.61. The first kappa shape index (κ1) is 12.4. The van der Waals surface area contributed by atoms with Crippen LogP contribution in [0.5, 0.6) is 5.75 Å². The van der Waals surface area contributed by atoms with Crippen molar-refractivity contribution < 1.29 is 14.3 Å². The molecule has 96 valence electrons. The monoisotopic (exact) mass is 248 g/mol. The number of ether oxygens (including phenoxy) is 1. The van der Waals surface area contributed by atoms with E-state index in [1.807, 2.05) is 6.92 Å². The Labute approximate surface area is 106 Å². The molecule has 1 aliphatic rings. The molecule has 1 aliphatic heterocycles. The predicted octanol–water partition coefficient (Wildman–Crippen LogP) is 1.11. The lowest BCUT2D eigenvalue weighted by Crippen LogP contribution is -2.35. The van der Waals surface area contributed by atoms with Gasteiger partial charge in [-0.05, 0) is 37.1 Å². The SMILES string of the molecule is Cc1cc(N)ccc1OCC(=O)N1CCCC1=O. The van der Waals surface area contributed by atoms with E-state index < -0.39 is 0 Å². The number of carbonyl (C=O) groups is 2. The molecule has 0 aliphatic carbocycles. The number of nitrogens with zero attached hydrogens (tertiary/aromatic N) is 1. The minimum absolute atomic E-state index is 0.113. The van der Waals surface area contributed by atoms with Crippen LogP contribution in [0.2, 0.25) is 0 Å². The Morgan fingerprint density at radius 3 is 2.89 bits per heavy atom. The van der Waals surface area contributed by atoms with E-state index in [1.165, 1.54) is 4.90 Å². The normalized spacial score (nSPS) is 14.9. The molecule has 0 aromatic heterocycles. The van der Waals surface area contributed by atoms with Gasteiger partial charge in [-0.2, -0.15) is 0 Å². The lowest BCUT2D eigenvalue weighted by Gasteiger charge is -2.15. The smallest absolute Gasteiger partial charge is 0.267 e. The van der Waals surface area contributed by atoms with Crippen molar-refractivity contribution >= 4 is 17.5 Å². The van der Waals surface area contributed by atoms with E-state index >= 15 is 0 Å². The summed E-state index contributed by atoms with van der Waals surface area (Å²) in [7, 11) is 0. The number of likely N-dealkylation sites (tertiary alicyclic amines) is 1. The highest BCUT2D eigenvalue weighted by molar-refractivity contribution is 5.97. The summed E-state index contributed by atoms with van der Waals surface area (Å²) >= 11 is 0. The van der Waals surface area contributed by atoms with Crippen molar-refractivity contribution in [2.45, 2.75) is 19.8 Å². The molecule has 0 saturated carbocycles. The van der Waals surface area contributed by atoms with Crippen LogP contribution < -0.4 is 10.5 Å². The van der Waals surface area contributed by atoms with Crippen LogP contribution in [0, 0.1) is 6.92 Å². The van der Waals surface area contributed by atoms with E-state index in [0.717, 1.165) is 12.0 Å². The Bertz CT molecular complexity index is 485. The van der Waals surface area contributed by atoms with Crippen LogP contribution in [-0.2, 0) is 9.59 Å². The summed E-state index contributed by atoms with van der Waals surface area (Å²) in [6, 6.07) is 5.22. The number of nitrogens with two attached hydrogens (primary N) is 1. The molecule has 1 heterocycles. The lowest BCUT2D eigenvalue weighted by atomic mass is 10.2. The first-order chi connectivity index (χ1) is 8.58. The number of anilines is 1. The first-order valence-electron chi connectivity index (χ1n) is 5.90. The van der Waals surface area contributed by atoms with E-state index in [1.54, 1.807) is 18.2 Å². The van der Waals surface area contributed by atoms with E-state index in [9.17, 15) is 9.59 Å². The van der Waals surface area contributed by atoms with E-state index in [2.05, 4.69) is 0 Å². The second-order valence-electron chi connectivity index (χ2n) is 4.36. The number of imide groups is 1. The largest absolute Gasteiger partial charge is 0.483 e. The van der Waals surface area contributed by atoms with Crippen molar-refractivity contribution in [1.29, 1.82) is 0 Å². The van der Waals surface area contributed by atoms with Crippen molar-refractivity contribution in [3.8, 4) is 5.75 Å². The molecule has 0 radical (unpaired) electrons. The third-order valence-electron chi connectivity index (χ3n) is 2.92. The van der Waals surface area contributed by atoms with Gasteiger partial charge in [0.25, 0.3) is 5.91 Å². The molecule has 0 unspecified atom stereocenters. The van der Waals surface area contributed by atoms with Gasteiger partial charge in [0, 0.05) is 18.7 Å². The average molecular weight is 248 g/mol. The number of hydrogen-bond donors (Lipinski definition) is 1. The summed E-state index contributed by atoms with van der Waals surface area (Å²) in [6.07, 6.45) is 1.19. The average Bonchev–Trinajstić information content (AvgIpc) is 2.74. The van der Waals surface area contributed by atoms with Gasteiger partial charge >= 0.3 is 0 Å². The van der Waals surface area contributed by atoms with Crippen LogP contribution in [-0.4, -0.2) is 29.9 Å². The van der Waals surface area contributed by atoms with Crippen LogP contribution in [0.25, 0.3) is 0 Å². The fourth-order valence-electron chi connectivity index (χ4n) is 1.96. The summed E-state index contributed by atoms with van der Waals surface area (Å²) in [5.41, 5.74) is 7.15. The Morgan fingerprint density at radius 2 is 2.28 bits per heavy atom. The summed E-state index contributed by atoms with van der Waals surface area (Å²) in [6.45, 7) is 2.25. The maximum atomic E-state index is 11.8. The molecule has 0 atom stereocenters. The maximum absolute atomic E-state index is 11.8. The van der Waals surface area contributed by atoms with E-state index in [4.69, 9.17) is 10.5 Å². The summed E-state index contributed by atoms with van der Waals surface area (Å²) in [5.74, 6) is 0.218. The maximum Gasteiger partial charge on any atom is 0.267 e. The molecule has 1 aromatic carbocycles. The predicted molar refractivity (Wildman–Crippen MR) is 67.0 cm³/mol. The van der Waals surface area contributed by atoms with Crippen molar-refractivity contribution in [2.24, 2.45) is 0 Å². The summed E-state index contributed by atoms with van der Waals surface area (Å²) in [4.78, 5) is 24.4. The Hall–Kier alpha value is -2.04. The molecule has 2 rings (SSSR count). The van der Waals surface area contributed by atoms with Crippen molar-refractivity contribution in [2.75, 3.05) is 18.9 Å². The zero-order valence-corrected chi connectivity index (χ0v) is 10.3. The number of carbonyl (C=O) groups excluding carboxylic acids is 2. The van der Waals surface area contributed by atoms with Crippen molar-refractivity contribution in [3.05, 3.63) is 23.8 Å². The van der Waals surface area contributed by atoms with Gasteiger partial charge in [0.15, 0.2) is 6.61 Å². The molecule has 18 heavy (non-hydrogen) atoms. The van der Waals surface area contributed by atoms with Gasteiger partial charge in [-0.3, -0.25) is 14.5 Å². The number of benzene rings is 1. The molecule has 1 fully saturated rings. The van der Waals surface area contributed by atoms with Crippen LogP contribution >= 0.6 is 0 Å². The molecule has 0 bridgehead atoms. The molecule has 5 nitrogen and oxygen atoms in total. The molecule has 1 saturated heterocycles. The quantitative estimate of drug-likeness (QED) is 0.813. The van der Waals surface area contributed by atoms with Crippen molar-refractivity contribution in [3.63, 3.8) is 0 Å².